The van der Waals surface area contributed by atoms with Crippen LogP contribution in [0.5, 0.6) is 5.75 Å². The van der Waals surface area contributed by atoms with Gasteiger partial charge in [0.2, 0.25) is 0 Å². The van der Waals surface area contributed by atoms with Crippen LogP contribution in [0.3, 0.4) is 0 Å². The lowest BCUT2D eigenvalue weighted by Gasteiger charge is -2.14. The van der Waals surface area contributed by atoms with E-state index in [0.717, 1.165) is 12.1 Å². The molecule has 1 aromatic rings. The van der Waals surface area contributed by atoms with Crippen LogP contribution < -0.4 is 9.61 Å². The predicted octanol–water partition coefficient (Wildman–Crippen LogP) is 4.38. The Morgan fingerprint density at radius 2 is 2.00 bits per heavy atom. The zero-order chi connectivity index (χ0) is 13.8. The first-order chi connectivity index (χ1) is 8.76. The van der Waals surface area contributed by atoms with Gasteiger partial charge in [0, 0.05) is 5.70 Å². The lowest BCUT2D eigenvalue weighted by atomic mass is 10.3. The highest BCUT2D eigenvalue weighted by Gasteiger charge is 2.07. The molecule has 3 nitrogen and oxygen atoms in total. The van der Waals surface area contributed by atoms with Crippen LogP contribution >= 0.6 is 8.53 Å². The summed E-state index contributed by atoms with van der Waals surface area (Å²) in [4.78, 5) is 9.67. The molecular formula is C14H22NO2P. The Kier molecular flexibility index (Phi) is 10.0. The minimum absolute atomic E-state index is 0.642. The van der Waals surface area contributed by atoms with E-state index >= 15 is 0 Å². The van der Waals surface area contributed by atoms with E-state index in [2.05, 4.69) is 11.7 Å². The molecular weight excluding hydrogens is 245 g/mol. The maximum Gasteiger partial charge on any atom is 0.347 e. The van der Waals surface area contributed by atoms with E-state index in [1.807, 2.05) is 45.0 Å². The molecule has 0 fully saturated rings. The van der Waals surface area contributed by atoms with E-state index in [9.17, 15) is 4.89 Å². The Morgan fingerprint density at radius 1 is 1.39 bits per heavy atom. The van der Waals surface area contributed by atoms with Gasteiger partial charge in [-0.15, -0.1) is 0 Å². The van der Waals surface area contributed by atoms with Gasteiger partial charge in [0.1, 0.15) is 5.75 Å². The Hall–Kier alpha value is -1.31. The zero-order valence-electron chi connectivity index (χ0n) is 11.3. The molecule has 1 rings (SSSR count). The van der Waals surface area contributed by atoms with Crippen LogP contribution in [0, 0.1) is 0 Å². The lowest BCUT2D eigenvalue weighted by Crippen LogP contribution is -2.08. The summed E-state index contributed by atoms with van der Waals surface area (Å²) in [6.45, 7) is 9.67. The van der Waals surface area contributed by atoms with E-state index in [0.29, 0.717) is 5.75 Å². The summed E-state index contributed by atoms with van der Waals surface area (Å²) in [5.74, 6) is 0.642. The van der Waals surface area contributed by atoms with Crippen LogP contribution in [0.15, 0.2) is 54.8 Å². The molecule has 0 heterocycles. The van der Waals surface area contributed by atoms with Gasteiger partial charge in [-0.2, -0.15) is 0 Å². The van der Waals surface area contributed by atoms with Crippen LogP contribution in [0.4, 0.5) is 0 Å². The Labute approximate surface area is 111 Å². The van der Waals surface area contributed by atoms with Crippen molar-refractivity contribution < 1.29 is 9.42 Å². The number of hydrogen-bond acceptors (Lipinski definition) is 3. The number of para-hydroxylation sites is 1. The van der Waals surface area contributed by atoms with Crippen molar-refractivity contribution in [3.8, 4) is 5.75 Å². The van der Waals surface area contributed by atoms with Crippen molar-refractivity contribution in [1.82, 2.24) is 5.09 Å². The molecule has 18 heavy (non-hydrogen) atoms. The maximum absolute atomic E-state index is 9.67. The van der Waals surface area contributed by atoms with Gasteiger partial charge in [-0.25, -0.2) is 0 Å². The van der Waals surface area contributed by atoms with Gasteiger partial charge in [-0.3, -0.25) is 0 Å². The number of allylic oxidation sites excluding steroid dienone is 2. The summed E-state index contributed by atoms with van der Waals surface area (Å²) in [6, 6.07) is 9.20. The monoisotopic (exact) mass is 267 g/mol. The van der Waals surface area contributed by atoms with Crippen molar-refractivity contribution >= 4 is 8.53 Å². The summed E-state index contributed by atoms with van der Waals surface area (Å²) >= 11 is 0. The third-order valence-electron chi connectivity index (χ3n) is 1.80. The summed E-state index contributed by atoms with van der Waals surface area (Å²) in [7, 11) is -1.70. The van der Waals surface area contributed by atoms with Crippen LogP contribution in [-0.4, -0.2) is 4.89 Å². The normalized spacial score (nSPS) is 11.9. The molecule has 0 saturated heterocycles. The first-order valence-corrected chi connectivity index (χ1v) is 7.28. The SMILES string of the molecule is C=C/C(=C\CC)NP(O)Oc1ccccc1.CC. The molecule has 0 aliphatic rings. The van der Waals surface area contributed by atoms with Crippen molar-refractivity contribution in [3.63, 3.8) is 0 Å². The van der Waals surface area contributed by atoms with Crippen LogP contribution in [0.1, 0.15) is 27.2 Å². The summed E-state index contributed by atoms with van der Waals surface area (Å²) < 4.78 is 5.31. The van der Waals surface area contributed by atoms with E-state index in [-0.39, 0.29) is 0 Å². The molecule has 0 saturated carbocycles. The summed E-state index contributed by atoms with van der Waals surface area (Å²) in [5.41, 5.74) is 0.784. The second kappa shape index (κ2) is 10.8. The van der Waals surface area contributed by atoms with E-state index in [1.165, 1.54) is 0 Å². The standard InChI is InChI=1S/C12H16NO2P.C2H6/c1-3-8-11(4-2)13-16(14)15-12-9-6-5-7-10-12;1-2/h4-10,13-14H,2-3H2,1H3;1-2H3/b11-8+;. The van der Waals surface area contributed by atoms with E-state index < -0.39 is 8.53 Å². The molecule has 0 spiro atoms. The molecule has 0 aliphatic carbocycles. The first kappa shape index (κ1) is 16.7. The van der Waals surface area contributed by atoms with Gasteiger partial charge in [0.15, 0.2) is 0 Å². The highest BCUT2D eigenvalue weighted by molar-refractivity contribution is 7.44. The Balaban J connectivity index is 0.00000137. The van der Waals surface area contributed by atoms with Gasteiger partial charge in [-0.1, -0.05) is 51.6 Å². The van der Waals surface area contributed by atoms with Gasteiger partial charge in [0.05, 0.1) is 0 Å². The molecule has 1 atom stereocenters. The maximum atomic E-state index is 9.67. The number of hydrogen-bond donors (Lipinski definition) is 2. The number of benzene rings is 1. The second-order valence-corrected chi connectivity index (χ2v) is 4.01. The largest absolute Gasteiger partial charge is 0.432 e. The molecule has 0 aromatic heterocycles. The highest BCUT2D eigenvalue weighted by atomic mass is 31.2. The minimum atomic E-state index is -1.70. The average Bonchev–Trinajstić information content (AvgIpc) is 2.41. The van der Waals surface area contributed by atoms with Gasteiger partial charge < -0.3 is 14.5 Å². The summed E-state index contributed by atoms with van der Waals surface area (Å²) in [6.07, 6.45) is 4.47. The lowest BCUT2D eigenvalue weighted by molar-refractivity contribution is 0.477. The van der Waals surface area contributed by atoms with Crippen LogP contribution in [0.2, 0.25) is 0 Å². The quantitative estimate of drug-likeness (QED) is 0.593. The molecule has 0 aliphatic heterocycles. The van der Waals surface area contributed by atoms with Gasteiger partial charge >= 0.3 is 8.53 Å². The van der Waals surface area contributed by atoms with Gasteiger partial charge in [-0.05, 0) is 24.6 Å². The van der Waals surface area contributed by atoms with Gasteiger partial charge in [0.25, 0.3) is 0 Å². The topological polar surface area (TPSA) is 41.5 Å². The second-order valence-electron chi connectivity index (χ2n) is 3.06. The molecule has 2 N–H and O–H groups in total. The Bertz CT molecular complexity index is 352. The fourth-order valence-corrected chi connectivity index (χ4v) is 1.88. The molecule has 1 aromatic carbocycles. The van der Waals surface area contributed by atoms with Crippen LogP contribution in [0.25, 0.3) is 0 Å². The van der Waals surface area contributed by atoms with Crippen molar-refractivity contribution in [2.45, 2.75) is 27.2 Å². The minimum Gasteiger partial charge on any atom is -0.432 e. The zero-order valence-corrected chi connectivity index (χ0v) is 12.2. The van der Waals surface area contributed by atoms with Crippen molar-refractivity contribution in [1.29, 1.82) is 0 Å². The van der Waals surface area contributed by atoms with Crippen molar-refractivity contribution in [2.24, 2.45) is 0 Å². The van der Waals surface area contributed by atoms with Crippen molar-refractivity contribution in [2.75, 3.05) is 0 Å². The molecule has 0 radical (unpaired) electrons. The molecule has 0 amide bonds. The molecule has 1 unspecified atom stereocenters. The summed E-state index contributed by atoms with van der Waals surface area (Å²) in [5, 5.41) is 2.86. The predicted molar refractivity (Wildman–Crippen MR) is 79.3 cm³/mol. The van der Waals surface area contributed by atoms with E-state index in [4.69, 9.17) is 4.52 Å². The first-order valence-electron chi connectivity index (χ1n) is 6.07. The third kappa shape index (κ3) is 7.10. The third-order valence-corrected chi connectivity index (χ3v) is 2.64. The highest BCUT2D eigenvalue weighted by Crippen LogP contribution is 2.30. The van der Waals surface area contributed by atoms with Crippen LogP contribution in [-0.2, 0) is 0 Å². The van der Waals surface area contributed by atoms with Crippen molar-refractivity contribution in [3.05, 3.63) is 54.8 Å². The number of rotatable bonds is 6. The Morgan fingerprint density at radius 3 is 2.50 bits per heavy atom. The van der Waals surface area contributed by atoms with E-state index in [1.54, 1.807) is 18.2 Å². The molecule has 0 bridgehead atoms. The molecule has 4 heteroatoms. The number of nitrogens with one attached hydrogen (secondary N) is 1. The smallest absolute Gasteiger partial charge is 0.347 e. The molecule has 100 valence electrons. The average molecular weight is 267 g/mol. The fourth-order valence-electron chi connectivity index (χ4n) is 1.11. The fraction of sp³-hybridized carbons (Fsp3) is 0.286.